The van der Waals surface area contributed by atoms with Crippen LogP contribution >= 0.6 is 12.1 Å². The number of hydrogen-bond acceptors (Lipinski definition) is 7. The van der Waals surface area contributed by atoms with Crippen LogP contribution in [0.2, 0.25) is 0 Å². The quantitative estimate of drug-likeness (QED) is 0.299. The average Bonchev–Trinajstić information content (AvgIpc) is 3.44. The molecule has 0 spiro atoms. The minimum atomic E-state index is -0.294. The molecule has 0 fully saturated rings. The highest BCUT2D eigenvalue weighted by atomic mass is 32.2. The molecule has 4 heterocycles. The van der Waals surface area contributed by atoms with E-state index in [4.69, 9.17) is 4.98 Å². The molecule has 1 aromatic carbocycles. The van der Waals surface area contributed by atoms with Crippen LogP contribution in [-0.2, 0) is 13.6 Å². The van der Waals surface area contributed by atoms with Crippen molar-refractivity contribution in [1.82, 2.24) is 33.0 Å². The Bertz CT molecular complexity index is 1470. The number of fused-ring (bicyclic) bond motifs is 1. The van der Waals surface area contributed by atoms with Gasteiger partial charge in [0.05, 0.1) is 23.8 Å². The van der Waals surface area contributed by atoms with Crippen molar-refractivity contribution < 1.29 is 4.39 Å². The zero-order valence-corrected chi connectivity index (χ0v) is 20.7. The molecule has 0 radical (unpaired) electrons. The minimum absolute atomic E-state index is 0.294. The lowest BCUT2D eigenvalue weighted by Gasteiger charge is -2.25. The second-order valence-corrected chi connectivity index (χ2v) is 9.76. The van der Waals surface area contributed by atoms with Gasteiger partial charge in [-0.05, 0) is 63.0 Å². The molecule has 0 unspecified atom stereocenters. The smallest absolute Gasteiger partial charge is 0.139 e. The molecule has 0 aliphatic carbocycles. The third-order valence-corrected chi connectivity index (χ3v) is 6.24. The van der Waals surface area contributed by atoms with E-state index in [9.17, 15) is 4.39 Å². The molecule has 35 heavy (non-hydrogen) atoms. The number of pyridine rings is 2. The highest BCUT2D eigenvalue weighted by Gasteiger charge is 2.18. The fourth-order valence-electron chi connectivity index (χ4n) is 3.88. The maximum absolute atomic E-state index is 14.4. The summed E-state index contributed by atoms with van der Waals surface area (Å²) in [7, 11) is 5.82. The lowest BCUT2D eigenvalue weighted by atomic mass is 10.1. The molecule has 0 saturated heterocycles. The van der Waals surface area contributed by atoms with Crippen molar-refractivity contribution in [3.8, 4) is 11.1 Å². The molecule has 4 aromatic heterocycles. The molecule has 0 saturated carbocycles. The van der Waals surface area contributed by atoms with Gasteiger partial charge in [0.15, 0.2) is 0 Å². The van der Waals surface area contributed by atoms with Crippen molar-refractivity contribution in [2.75, 3.05) is 19.0 Å². The van der Waals surface area contributed by atoms with Crippen LogP contribution in [-0.4, -0.2) is 47.1 Å². The summed E-state index contributed by atoms with van der Waals surface area (Å²) in [6.07, 6.45) is 9.24. The van der Waals surface area contributed by atoms with Crippen LogP contribution in [0.5, 0.6) is 0 Å². The third-order valence-electron chi connectivity index (χ3n) is 5.41. The maximum Gasteiger partial charge on any atom is 0.139 e. The molecule has 0 aliphatic heterocycles. The number of hydrogen-bond donors (Lipinski definition) is 0. The largest absolute Gasteiger partial charge is 0.319 e. The van der Waals surface area contributed by atoms with Gasteiger partial charge in [0, 0.05) is 60.8 Å². The Kier molecular flexibility index (Phi) is 6.23. The van der Waals surface area contributed by atoms with Crippen molar-refractivity contribution >= 4 is 34.7 Å². The Labute approximate surface area is 207 Å². The van der Waals surface area contributed by atoms with E-state index in [2.05, 4.69) is 15.1 Å². The number of anilines is 2. The highest BCUT2D eigenvalue weighted by Crippen LogP contribution is 2.30. The molecule has 8 nitrogen and oxygen atoms in total. The van der Waals surface area contributed by atoms with Gasteiger partial charge in [0.2, 0.25) is 0 Å². The van der Waals surface area contributed by atoms with E-state index in [1.807, 2.05) is 84.1 Å². The minimum Gasteiger partial charge on any atom is -0.319 e. The van der Waals surface area contributed by atoms with Crippen molar-refractivity contribution in [2.24, 2.45) is 7.05 Å². The fraction of sp³-hybridized carbons (Fsp3) is 0.200. The average molecular weight is 489 g/mol. The second-order valence-electron chi connectivity index (χ2n) is 8.47. The molecular weight excluding hydrogens is 463 g/mol. The predicted octanol–water partition coefficient (Wildman–Crippen LogP) is 4.99. The highest BCUT2D eigenvalue weighted by molar-refractivity contribution is 7.95. The molecule has 0 amide bonds. The van der Waals surface area contributed by atoms with Gasteiger partial charge in [-0.15, -0.1) is 0 Å². The number of aromatic nitrogens is 6. The number of imidazole rings is 1. The molecule has 5 aromatic rings. The van der Waals surface area contributed by atoms with Gasteiger partial charge < -0.3 is 4.90 Å². The number of aryl methyl sites for hydroxylation is 2. The van der Waals surface area contributed by atoms with Gasteiger partial charge in [0.1, 0.15) is 17.5 Å². The normalized spacial score (nSPS) is 11.5. The first kappa shape index (κ1) is 23.0. The number of benzene rings is 1. The van der Waals surface area contributed by atoms with Crippen LogP contribution in [0.1, 0.15) is 11.4 Å². The second kappa shape index (κ2) is 9.47. The van der Waals surface area contributed by atoms with Gasteiger partial charge in [0.25, 0.3) is 0 Å². The zero-order valence-electron chi connectivity index (χ0n) is 19.9. The maximum atomic E-state index is 14.4. The first-order valence-electron chi connectivity index (χ1n) is 11.0. The summed E-state index contributed by atoms with van der Waals surface area (Å²) in [4.78, 5) is 16.0. The Balaban J connectivity index is 1.59. The van der Waals surface area contributed by atoms with E-state index in [1.165, 1.54) is 24.3 Å². The van der Waals surface area contributed by atoms with Crippen molar-refractivity contribution in [3.63, 3.8) is 0 Å². The monoisotopic (exact) mass is 488 g/mol. The Morgan fingerprint density at radius 3 is 2.60 bits per heavy atom. The Morgan fingerprint density at radius 1 is 1.00 bits per heavy atom. The summed E-state index contributed by atoms with van der Waals surface area (Å²) < 4.78 is 20.2. The van der Waals surface area contributed by atoms with Gasteiger partial charge >= 0.3 is 0 Å². The summed E-state index contributed by atoms with van der Waals surface area (Å²) in [5.41, 5.74) is 4.96. The lowest BCUT2D eigenvalue weighted by molar-refractivity contribution is 0.626. The molecule has 178 valence electrons. The molecular formula is C25H25FN8S. The number of rotatable bonds is 7. The summed E-state index contributed by atoms with van der Waals surface area (Å²) in [6, 6.07) is 10.8. The third kappa shape index (κ3) is 5.03. The summed E-state index contributed by atoms with van der Waals surface area (Å²) >= 11 is 1.52. The number of halogens is 1. The van der Waals surface area contributed by atoms with E-state index in [0.717, 1.165) is 33.5 Å². The molecule has 0 atom stereocenters. The van der Waals surface area contributed by atoms with E-state index < -0.39 is 0 Å². The van der Waals surface area contributed by atoms with Crippen LogP contribution in [0, 0.1) is 12.7 Å². The molecule has 5 rings (SSSR count). The standard InChI is InChI=1S/C25H25FN8S/c1-17-9-20(26)12-21(10-17)33(16-25-27-7-8-34(25)35-31(2)3)24-6-5-22-23(30-24)11-18(13-28-22)19-14-29-32(4)15-19/h5-15H,16H2,1-4H3. The van der Waals surface area contributed by atoms with Crippen LogP contribution in [0.15, 0.2) is 67.4 Å². The lowest BCUT2D eigenvalue weighted by Crippen LogP contribution is -2.21. The van der Waals surface area contributed by atoms with E-state index >= 15 is 0 Å². The van der Waals surface area contributed by atoms with Gasteiger partial charge in [-0.25, -0.2) is 18.7 Å². The van der Waals surface area contributed by atoms with Crippen molar-refractivity contribution in [2.45, 2.75) is 13.5 Å². The molecule has 10 heteroatoms. The first-order chi connectivity index (χ1) is 16.9. The van der Waals surface area contributed by atoms with E-state index in [-0.39, 0.29) is 5.82 Å². The van der Waals surface area contributed by atoms with Gasteiger partial charge in [-0.3, -0.25) is 13.6 Å². The fourth-order valence-corrected chi connectivity index (χ4v) is 4.54. The molecule has 0 bridgehead atoms. The van der Waals surface area contributed by atoms with Crippen LogP contribution < -0.4 is 4.90 Å². The Hall–Kier alpha value is -3.76. The number of nitrogens with zero attached hydrogens (tertiary/aromatic N) is 8. The topological polar surface area (TPSA) is 67.9 Å². The van der Waals surface area contributed by atoms with E-state index in [1.54, 1.807) is 17.1 Å². The molecule has 0 N–H and O–H groups in total. The summed E-state index contributed by atoms with van der Waals surface area (Å²) in [5.74, 6) is 1.20. The van der Waals surface area contributed by atoms with Gasteiger partial charge in [-0.1, -0.05) is 0 Å². The summed E-state index contributed by atoms with van der Waals surface area (Å²) in [5, 5.41) is 4.26. The Morgan fingerprint density at radius 2 is 1.86 bits per heavy atom. The first-order valence-corrected chi connectivity index (χ1v) is 11.8. The van der Waals surface area contributed by atoms with Crippen molar-refractivity contribution in [1.29, 1.82) is 0 Å². The molecule has 0 aliphatic rings. The zero-order chi connectivity index (χ0) is 24.5. The van der Waals surface area contributed by atoms with Gasteiger partial charge in [-0.2, -0.15) is 5.10 Å². The van der Waals surface area contributed by atoms with Crippen molar-refractivity contribution in [3.05, 3.63) is 84.6 Å². The van der Waals surface area contributed by atoms with Crippen LogP contribution in [0.4, 0.5) is 15.9 Å². The predicted molar refractivity (Wildman–Crippen MR) is 138 cm³/mol. The SMILES string of the molecule is Cc1cc(F)cc(N(Cc2nccn2SN(C)C)c2ccc3ncc(-c4cnn(C)c4)cc3n2)c1. The van der Waals surface area contributed by atoms with Crippen LogP contribution in [0.25, 0.3) is 22.2 Å². The van der Waals surface area contributed by atoms with Crippen LogP contribution in [0.3, 0.4) is 0 Å². The van der Waals surface area contributed by atoms with E-state index in [0.29, 0.717) is 18.1 Å². The summed E-state index contributed by atoms with van der Waals surface area (Å²) in [6.45, 7) is 2.29.